The van der Waals surface area contributed by atoms with Gasteiger partial charge in [-0.25, -0.2) is 9.59 Å². The molecule has 0 radical (unpaired) electrons. The molecule has 1 saturated heterocycles. The zero-order valence-electron chi connectivity index (χ0n) is 16.0. The fourth-order valence-corrected chi connectivity index (χ4v) is 2.34. The molecule has 0 saturated carbocycles. The third-order valence-corrected chi connectivity index (χ3v) is 3.74. The van der Waals surface area contributed by atoms with Crippen LogP contribution in [0.25, 0.3) is 0 Å². The van der Waals surface area contributed by atoms with E-state index in [2.05, 4.69) is 6.58 Å². The second-order valence-electron chi connectivity index (χ2n) is 6.79. The molecule has 2 unspecified atom stereocenters. The van der Waals surface area contributed by atoms with Crippen molar-refractivity contribution in [3.05, 3.63) is 48.6 Å². The molecule has 2 rings (SSSR count). The molecule has 1 aliphatic rings. The lowest BCUT2D eigenvalue weighted by molar-refractivity contribution is -0.698. The van der Waals surface area contributed by atoms with Crippen LogP contribution in [0.15, 0.2) is 43.0 Å². The molecule has 0 amide bonds. The molecule has 1 heterocycles. The molecular formula is C19H24O8. The lowest BCUT2D eigenvalue weighted by Crippen LogP contribution is -2.71. The van der Waals surface area contributed by atoms with E-state index in [0.29, 0.717) is 0 Å². The van der Waals surface area contributed by atoms with Gasteiger partial charge >= 0.3 is 23.9 Å². The van der Waals surface area contributed by atoms with Gasteiger partial charge in [0, 0.05) is 13.0 Å². The van der Waals surface area contributed by atoms with Crippen molar-refractivity contribution < 1.29 is 38.3 Å². The fourth-order valence-electron chi connectivity index (χ4n) is 2.34. The number of hydrogen-bond acceptors (Lipinski definition) is 8. The molecule has 0 bridgehead atoms. The largest absolute Gasteiger partial charge is 0.512 e. The highest BCUT2D eigenvalue weighted by Crippen LogP contribution is 2.45. The average Bonchev–Trinajstić information content (AvgIpc) is 2.59. The maximum atomic E-state index is 12.4. The van der Waals surface area contributed by atoms with Crippen LogP contribution in [0.2, 0.25) is 0 Å². The molecule has 1 aromatic carbocycles. The third-order valence-electron chi connectivity index (χ3n) is 3.74. The monoisotopic (exact) mass is 380 g/mol. The van der Waals surface area contributed by atoms with E-state index >= 15 is 0 Å². The molecule has 0 aliphatic carbocycles. The highest BCUT2D eigenvalue weighted by molar-refractivity contribution is 5.81. The van der Waals surface area contributed by atoms with Crippen LogP contribution in [-0.2, 0) is 39.1 Å². The normalized spacial score (nSPS) is 24.7. The highest BCUT2D eigenvalue weighted by atomic mass is 17.3. The zero-order valence-corrected chi connectivity index (χ0v) is 16.0. The first-order chi connectivity index (χ1) is 12.5. The first kappa shape index (κ1) is 20.9. The van der Waals surface area contributed by atoms with Crippen molar-refractivity contribution >= 4 is 12.1 Å². The molecule has 8 nitrogen and oxygen atoms in total. The molecule has 1 aliphatic heterocycles. The van der Waals surface area contributed by atoms with Crippen molar-refractivity contribution in [2.45, 2.75) is 58.1 Å². The van der Waals surface area contributed by atoms with Gasteiger partial charge < -0.3 is 18.9 Å². The molecule has 27 heavy (non-hydrogen) atoms. The van der Waals surface area contributed by atoms with E-state index in [-0.39, 0.29) is 0 Å². The van der Waals surface area contributed by atoms with Gasteiger partial charge in [-0.1, -0.05) is 36.9 Å². The van der Waals surface area contributed by atoms with E-state index in [4.69, 9.17) is 28.7 Å². The van der Waals surface area contributed by atoms with Gasteiger partial charge in [-0.2, -0.15) is 4.89 Å². The summed E-state index contributed by atoms with van der Waals surface area (Å²) < 4.78 is 21.3. The predicted octanol–water partition coefficient (Wildman–Crippen LogP) is 3.56. The Hall–Kier alpha value is -2.42. The molecule has 2 atom stereocenters. The standard InChI is InChI=1S/C19H24O8/c1-7-15(20)23-19(22-13(2)3)18(6,26-27-19)25-16(21)24-17(4,5)14-11-9-8-10-12-14/h7-13H,1H2,2-6H3. The highest BCUT2D eigenvalue weighted by Gasteiger charge is 2.71. The van der Waals surface area contributed by atoms with Crippen LogP contribution in [0, 0.1) is 0 Å². The Morgan fingerprint density at radius 2 is 1.78 bits per heavy atom. The molecule has 0 aromatic heterocycles. The van der Waals surface area contributed by atoms with Crippen LogP contribution in [0.3, 0.4) is 0 Å². The number of carbonyl (C=O) groups excluding carboxylic acids is 2. The second kappa shape index (κ2) is 7.67. The average molecular weight is 380 g/mol. The smallest absolute Gasteiger partial charge is 0.423 e. The Morgan fingerprint density at radius 3 is 2.26 bits per heavy atom. The van der Waals surface area contributed by atoms with E-state index in [0.717, 1.165) is 11.6 Å². The summed E-state index contributed by atoms with van der Waals surface area (Å²) >= 11 is 0. The van der Waals surface area contributed by atoms with Crippen LogP contribution in [0.1, 0.15) is 40.2 Å². The summed E-state index contributed by atoms with van der Waals surface area (Å²) in [7, 11) is 0. The maximum Gasteiger partial charge on any atom is 0.512 e. The van der Waals surface area contributed by atoms with E-state index in [9.17, 15) is 9.59 Å². The summed E-state index contributed by atoms with van der Waals surface area (Å²) in [5.41, 5.74) is -0.209. The summed E-state index contributed by atoms with van der Waals surface area (Å²) in [5.74, 6) is -4.80. The van der Waals surface area contributed by atoms with Crippen molar-refractivity contribution in [1.29, 1.82) is 0 Å². The minimum atomic E-state index is -2.08. The number of benzene rings is 1. The van der Waals surface area contributed by atoms with Crippen LogP contribution in [0.4, 0.5) is 4.79 Å². The van der Waals surface area contributed by atoms with Crippen molar-refractivity contribution in [3.8, 4) is 0 Å². The van der Waals surface area contributed by atoms with E-state index in [1.165, 1.54) is 6.92 Å². The predicted molar refractivity (Wildman–Crippen MR) is 92.9 cm³/mol. The second-order valence-corrected chi connectivity index (χ2v) is 6.79. The van der Waals surface area contributed by atoms with Crippen molar-refractivity contribution in [2.24, 2.45) is 0 Å². The molecular weight excluding hydrogens is 356 g/mol. The first-order valence-electron chi connectivity index (χ1n) is 8.41. The van der Waals surface area contributed by atoms with Gasteiger partial charge in [-0.05, 0) is 33.3 Å². The molecule has 0 N–H and O–H groups in total. The summed E-state index contributed by atoms with van der Waals surface area (Å²) in [4.78, 5) is 33.8. The lowest BCUT2D eigenvalue weighted by atomic mass is 9.98. The maximum absolute atomic E-state index is 12.4. The SMILES string of the molecule is C=CC(=O)OC1(OC(C)C)OOC1(C)OC(=O)OC(C)(C)c1ccccc1. The first-order valence-corrected chi connectivity index (χ1v) is 8.41. The van der Waals surface area contributed by atoms with Gasteiger partial charge in [0.25, 0.3) is 0 Å². The molecule has 1 aromatic rings. The van der Waals surface area contributed by atoms with Gasteiger partial charge in [-0.3, -0.25) is 0 Å². The molecule has 0 spiro atoms. The molecule has 8 heteroatoms. The summed E-state index contributed by atoms with van der Waals surface area (Å²) in [5, 5.41) is 0. The van der Waals surface area contributed by atoms with Gasteiger partial charge in [0.2, 0.25) is 0 Å². The fraction of sp³-hybridized carbons (Fsp3) is 0.474. The quantitative estimate of drug-likeness (QED) is 0.307. The Balaban J connectivity index is 2.14. The number of esters is 1. The topological polar surface area (TPSA) is 89.5 Å². The number of rotatable bonds is 7. The third kappa shape index (κ3) is 4.47. The van der Waals surface area contributed by atoms with E-state index in [1.54, 1.807) is 27.7 Å². The van der Waals surface area contributed by atoms with Crippen molar-refractivity contribution in [3.63, 3.8) is 0 Å². The molecule has 1 fully saturated rings. The summed E-state index contributed by atoms with van der Waals surface area (Å²) in [6.45, 7) is 11.4. The number of ether oxygens (including phenoxy) is 4. The Labute approximate surface area is 157 Å². The number of hydrogen-bond donors (Lipinski definition) is 0. The van der Waals surface area contributed by atoms with Gasteiger partial charge in [0.05, 0.1) is 6.10 Å². The van der Waals surface area contributed by atoms with Gasteiger partial charge in [0.1, 0.15) is 5.60 Å². The number of carbonyl (C=O) groups is 2. The van der Waals surface area contributed by atoms with E-state index < -0.39 is 35.6 Å². The summed E-state index contributed by atoms with van der Waals surface area (Å²) in [6.07, 6.45) is -0.572. The Kier molecular flexibility index (Phi) is 5.94. The van der Waals surface area contributed by atoms with Crippen LogP contribution < -0.4 is 0 Å². The van der Waals surface area contributed by atoms with Gasteiger partial charge in [0.15, 0.2) is 0 Å². The van der Waals surface area contributed by atoms with Crippen molar-refractivity contribution in [2.75, 3.05) is 0 Å². The zero-order chi connectivity index (χ0) is 20.3. The van der Waals surface area contributed by atoms with Crippen LogP contribution >= 0.6 is 0 Å². The van der Waals surface area contributed by atoms with E-state index in [1.807, 2.05) is 30.3 Å². The lowest BCUT2D eigenvalue weighted by Gasteiger charge is -2.49. The minimum absolute atomic E-state index is 0.439. The van der Waals surface area contributed by atoms with Crippen molar-refractivity contribution in [1.82, 2.24) is 0 Å². The Bertz CT molecular complexity index is 699. The van der Waals surface area contributed by atoms with Crippen LogP contribution in [0.5, 0.6) is 0 Å². The van der Waals surface area contributed by atoms with Crippen LogP contribution in [-0.4, -0.2) is 30.0 Å². The van der Waals surface area contributed by atoms with Gasteiger partial charge in [-0.15, -0.1) is 4.89 Å². The minimum Gasteiger partial charge on any atom is -0.423 e. The molecule has 148 valence electrons. The summed E-state index contributed by atoms with van der Waals surface area (Å²) in [6, 6.07) is 9.13. The Morgan fingerprint density at radius 1 is 1.15 bits per heavy atom.